The number of likely N-dealkylation sites (tertiary alicyclic amines) is 1. The Hall–Kier alpha value is -2.37. The van der Waals surface area contributed by atoms with Crippen LogP contribution in [0.2, 0.25) is 0 Å². The lowest BCUT2D eigenvalue weighted by atomic mass is 9.93. The molecule has 1 N–H and O–H groups in total. The van der Waals surface area contributed by atoms with E-state index in [1.54, 1.807) is 23.5 Å². The smallest absolute Gasteiger partial charge is 0.291 e. The van der Waals surface area contributed by atoms with E-state index < -0.39 is 0 Å². The van der Waals surface area contributed by atoms with Crippen molar-refractivity contribution in [1.82, 2.24) is 4.90 Å². The molecule has 4 rings (SSSR count). The van der Waals surface area contributed by atoms with E-state index in [4.69, 9.17) is 4.42 Å². The first kappa shape index (κ1) is 20.9. The topological polar surface area (TPSA) is 45.5 Å². The molecule has 0 bridgehead atoms. The van der Waals surface area contributed by atoms with Gasteiger partial charge in [0.05, 0.1) is 12.3 Å². The van der Waals surface area contributed by atoms with E-state index in [1.165, 1.54) is 47.1 Å². The van der Waals surface area contributed by atoms with Gasteiger partial charge in [-0.05, 0) is 68.1 Å². The summed E-state index contributed by atoms with van der Waals surface area (Å²) in [4.78, 5) is 16.4. The fraction of sp³-hybridized carbons (Fsp3) is 0.400. The van der Waals surface area contributed by atoms with Crippen molar-refractivity contribution in [2.24, 2.45) is 0 Å². The molecule has 1 aliphatic rings. The van der Waals surface area contributed by atoms with Crippen LogP contribution in [0.25, 0.3) is 0 Å². The summed E-state index contributed by atoms with van der Waals surface area (Å²) in [7, 11) is 0. The van der Waals surface area contributed by atoms with Crippen LogP contribution in [0, 0.1) is 6.92 Å². The minimum Gasteiger partial charge on any atom is -0.459 e. The monoisotopic (exact) mass is 422 g/mol. The fourth-order valence-electron chi connectivity index (χ4n) is 4.23. The maximum Gasteiger partial charge on any atom is 0.291 e. The van der Waals surface area contributed by atoms with Gasteiger partial charge in [0.1, 0.15) is 5.00 Å². The van der Waals surface area contributed by atoms with Crippen molar-refractivity contribution in [3.8, 4) is 0 Å². The summed E-state index contributed by atoms with van der Waals surface area (Å²) in [6.07, 6.45) is 5.26. The van der Waals surface area contributed by atoms with Crippen molar-refractivity contribution in [3.05, 3.63) is 76.1 Å². The molecule has 0 aliphatic carbocycles. The lowest BCUT2D eigenvalue weighted by Gasteiger charge is -2.35. The Kier molecular flexibility index (Phi) is 6.40. The predicted molar refractivity (Wildman–Crippen MR) is 124 cm³/mol. The SMILES string of the molecule is Cc1cc([C@H](c2ccc(C(C)C)cc2)N2CCCCC2)c(NC(=O)c2ccco2)s1. The number of aryl methyl sites for hydroxylation is 1. The van der Waals surface area contributed by atoms with Gasteiger partial charge in [-0.25, -0.2) is 0 Å². The molecule has 0 spiro atoms. The quantitative estimate of drug-likeness (QED) is 0.487. The minimum atomic E-state index is -0.198. The zero-order valence-electron chi connectivity index (χ0n) is 18.0. The molecule has 5 heteroatoms. The Morgan fingerprint density at radius 2 is 1.77 bits per heavy atom. The molecule has 3 aromatic rings. The number of carbonyl (C=O) groups is 1. The van der Waals surface area contributed by atoms with E-state index in [9.17, 15) is 4.79 Å². The Morgan fingerprint density at radius 1 is 1.07 bits per heavy atom. The van der Waals surface area contributed by atoms with Crippen molar-refractivity contribution in [3.63, 3.8) is 0 Å². The molecule has 1 aliphatic heterocycles. The van der Waals surface area contributed by atoms with Gasteiger partial charge < -0.3 is 9.73 Å². The second kappa shape index (κ2) is 9.19. The van der Waals surface area contributed by atoms with Gasteiger partial charge in [-0.15, -0.1) is 11.3 Å². The molecule has 4 nitrogen and oxygen atoms in total. The summed E-state index contributed by atoms with van der Waals surface area (Å²) < 4.78 is 5.29. The molecule has 0 unspecified atom stereocenters. The highest BCUT2D eigenvalue weighted by Crippen LogP contribution is 2.40. The molecular weight excluding hydrogens is 392 g/mol. The van der Waals surface area contributed by atoms with Gasteiger partial charge in [0, 0.05) is 10.4 Å². The average Bonchev–Trinajstić information content (AvgIpc) is 3.40. The number of anilines is 1. The molecule has 2 aromatic heterocycles. The Bertz CT molecular complexity index is 967. The zero-order chi connectivity index (χ0) is 21.1. The molecule has 158 valence electrons. The second-order valence-electron chi connectivity index (χ2n) is 8.39. The summed E-state index contributed by atoms with van der Waals surface area (Å²) in [5.74, 6) is 0.650. The van der Waals surface area contributed by atoms with Gasteiger partial charge in [-0.2, -0.15) is 0 Å². The number of thiophene rings is 1. The van der Waals surface area contributed by atoms with Gasteiger partial charge >= 0.3 is 0 Å². The number of furan rings is 1. The molecule has 3 heterocycles. The van der Waals surface area contributed by atoms with Gasteiger partial charge in [0.2, 0.25) is 0 Å². The Labute approximate surface area is 182 Å². The molecule has 1 amide bonds. The van der Waals surface area contributed by atoms with E-state index in [2.05, 4.69) is 61.3 Å². The third-order valence-corrected chi connectivity index (χ3v) is 6.81. The summed E-state index contributed by atoms with van der Waals surface area (Å²) >= 11 is 1.63. The van der Waals surface area contributed by atoms with E-state index in [1.807, 2.05) is 0 Å². The maximum atomic E-state index is 12.7. The van der Waals surface area contributed by atoms with Crippen molar-refractivity contribution >= 4 is 22.2 Å². The van der Waals surface area contributed by atoms with Crippen LogP contribution in [-0.4, -0.2) is 23.9 Å². The van der Waals surface area contributed by atoms with Gasteiger partial charge in [-0.3, -0.25) is 9.69 Å². The van der Waals surface area contributed by atoms with E-state index in [0.717, 1.165) is 18.1 Å². The number of rotatable bonds is 6. The second-order valence-corrected chi connectivity index (χ2v) is 9.65. The van der Waals surface area contributed by atoms with Gasteiger partial charge in [-0.1, -0.05) is 44.5 Å². The molecule has 30 heavy (non-hydrogen) atoms. The van der Waals surface area contributed by atoms with E-state index in [0.29, 0.717) is 11.7 Å². The molecular formula is C25H30N2O2S. The molecule has 1 saturated heterocycles. The number of hydrogen-bond acceptors (Lipinski definition) is 4. The van der Waals surface area contributed by atoms with Crippen LogP contribution in [0.3, 0.4) is 0 Å². The third kappa shape index (κ3) is 4.52. The lowest BCUT2D eigenvalue weighted by Crippen LogP contribution is -2.34. The number of piperidine rings is 1. The van der Waals surface area contributed by atoms with Crippen molar-refractivity contribution in [2.75, 3.05) is 18.4 Å². The minimum absolute atomic E-state index is 0.142. The number of nitrogens with one attached hydrogen (secondary N) is 1. The first-order chi connectivity index (χ1) is 14.5. The first-order valence-corrected chi connectivity index (χ1v) is 11.6. The molecule has 0 saturated carbocycles. The average molecular weight is 423 g/mol. The third-order valence-electron chi connectivity index (χ3n) is 5.83. The van der Waals surface area contributed by atoms with Gasteiger partial charge in [0.25, 0.3) is 5.91 Å². The van der Waals surface area contributed by atoms with Crippen LogP contribution in [0.4, 0.5) is 5.00 Å². The number of hydrogen-bond donors (Lipinski definition) is 1. The highest BCUT2D eigenvalue weighted by molar-refractivity contribution is 7.16. The largest absolute Gasteiger partial charge is 0.459 e. The Morgan fingerprint density at radius 3 is 2.40 bits per heavy atom. The number of carbonyl (C=O) groups excluding carboxylic acids is 1. The van der Waals surface area contributed by atoms with E-state index >= 15 is 0 Å². The standard InChI is InChI=1S/C25H30N2O2S/c1-17(2)19-9-11-20(12-10-19)23(27-13-5-4-6-14-27)21-16-18(3)30-25(21)26-24(28)22-8-7-15-29-22/h7-12,15-17,23H,4-6,13-14H2,1-3H3,(H,26,28)/t23-/m0/s1. The highest BCUT2D eigenvalue weighted by atomic mass is 32.1. The van der Waals surface area contributed by atoms with Crippen LogP contribution >= 0.6 is 11.3 Å². The molecule has 1 atom stereocenters. The number of nitrogens with zero attached hydrogens (tertiary/aromatic N) is 1. The van der Waals surface area contributed by atoms with Crippen LogP contribution < -0.4 is 5.32 Å². The van der Waals surface area contributed by atoms with Crippen molar-refractivity contribution < 1.29 is 9.21 Å². The number of benzene rings is 1. The summed E-state index contributed by atoms with van der Waals surface area (Å²) in [6.45, 7) is 8.71. The first-order valence-electron chi connectivity index (χ1n) is 10.8. The predicted octanol–water partition coefficient (Wildman–Crippen LogP) is 6.60. The Balaban J connectivity index is 1.71. The van der Waals surface area contributed by atoms with Crippen molar-refractivity contribution in [2.45, 2.75) is 52.0 Å². The molecule has 1 fully saturated rings. The fourth-order valence-corrected chi connectivity index (χ4v) is 5.17. The van der Waals surface area contributed by atoms with Crippen LogP contribution in [0.15, 0.2) is 53.1 Å². The zero-order valence-corrected chi connectivity index (χ0v) is 18.8. The summed E-state index contributed by atoms with van der Waals surface area (Å²) in [5, 5.41) is 4.03. The highest BCUT2D eigenvalue weighted by Gasteiger charge is 2.28. The number of amides is 1. The molecule has 1 aromatic carbocycles. The van der Waals surface area contributed by atoms with Crippen LogP contribution in [-0.2, 0) is 0 Å². The maximum absolute atomic E-state index is 12.7. The summed E-state index contributed by atoms with van der Waals surface area (Å²) in [5.41, 5.74) is 3.81. The van der Waals surface area contributed by atoms with Crippen LogP contribution in [0.1, 0.15) is 77.2 Å². The van der Waals surface area contributed by atoms with Crippen molar-refractivity contribution in [1.29, 1.82) is 0 Å². The lowest BCUT2D eigenvalue weighted by molar-refractivity contribution is 0.0996. The summed E-state index contributed by atoms with van der Waals surface area (Å²) in [6, 6.07) is 14.8. The van der Waals surface area contributed by atoms with Gasteiger partial charge in [0.15, 0.2) is 5.76 Å². The molecule has 0 radical (unpaired) electrons. The van der Waals surface area contributed by atoms with E-state index in [-0.39, 0.29) is 11.9 Å². The van der Waals surface area contributed by atoms with Crippen LogP contribution in [0.5, 0.6) is 0 Å². The normalized spacial score (nSPS) is 16.0.